The number of hydrogen-bond donors (Lipinski definition) is 1. The van der Waals surface area contributed by atoms with Gasteiger partial charge in [0, 0.05) is 32.0 Å². The maximum Gasteiger partial charge on any atom is 0.122 e. The van der Waals surface area contributed by atoms with Gasteiger partial charge in [-0.1, -0.05) is 19.3 Å². The maximum absolute atomic E-state index is 9.68. The van der Waals surface area contributed by atoms with Crippen molar-refractivity contribution in [2.24, 2.45) is 7.05 Å². The van der Waals surface area contributed by atoms with E-state index < -0.39 is 0 Å². The van der Waals surface area contributed by atoms with Crippen molar-refractivity contribution in [1.82, 2.24) is 14.5 Å². The number of aliphatic hydroxyl groups is 1. The first kappa shape index (κ1) is 13.6. The Morgan fingerprint density at radius 3 is 2.72 bits per heavy atom. The lowest BCUT2D eigenvalue weighted by Crippen LogP contribution is -2.41. The summed E-state index contributed by atoms with van der Waals surface area (Å²) in [6.45, 7) is 3.46. The number of nitrogens with zero attached hydrogens (tertiary/aromatic N) is 3. The topological polar surface area (TPSA) is 41.3 Å². The highest BCUT2D eigenvalue weighted by Crippen LogP contribution is 2.24. The molecule has 1 saturated carbocycles. The summed E-state index contributed by atoms with van der Waals surface area (Å²) in [5.41, 5.74) is 0. The molecule has 1 atom stereocenters. The molecule has 0 spiro atoms. The van der Waals surface area contributed by atoms with Gasteiger partial charge < -0.3 is 9.67 Å². The molecule has 0 aromatic carbocycles. The summed E-state index contributed by atoms with van der Waals surface area (Å²) in [7, 11) is 2.03. The van der Waals surface area contributed by atoms with Gasteiger partial charge in [0.1, 0.15) is 5.82 Å². The van der Waals surface area contributed by atoms with E-state index in [0.717, 1.165) is 18.9 Å². The van der Waals surface area contributed by atoms with Gasteiger partial charge in [0.25, 0.3) is 0 Å². The Kier molecular flexibility index (Phi) is 4.78. The van der Waals surface area contributed by atoms with Crippen LogP contribution in [0, 0.1) is 0 Å². The van der Waals surface area contributed by atoms with Crippen LogP contribution in [0.5, 0.6) is 0 Å². The van der Waals surface area contributed by atoms with E-state index in [4.69, 9.17) is 0 Å². The second kappa shape index (κ2) is 6.34. The average Bonchev–Trinajstić information content (AvgIpc) is 2.75. The van der Waals surface area contributed by atoms with Crippen LogP contribution in [0.2, 0.25) is 0 Å². The largest absolute Gasteiger partial charge is 0.392 e. The van der Waals surface area contributed by atoms with Crippen LogP contribution in [-0.4, -0.2) is 38.2 Å². The van der Waals surface area contributed by atoms with Gasteiger partial charge in [0.05, 0.1) is 12.6 Å². The SMILES string of the molecule is CC(O)CN(Cc1nccn1C)C1CCCCC1. The first-order chi connectivity index (χ1) is 8.66. The third kappa shape index (κ3) is 3.56. The zero-order valence-electron chi connectivity index (χ0n) is 11.5. The second-order valence-corrected chi connectivity index (χ2v) is 5.52. The summed E-state index contributed by atoms with van der Waals surface area (Å²) in [6.07, 6.45) is 10.1. The van der Waals surface area contributed by atoms with Gasteiger partial charge in [-0.3, -0.25) is 4.90 Å². The van der Waals surface area contributed by atoms with Crippen LogP contribution >= 0.6 is 0 Å². The fourth-order valence-corrected chi connectivity index (χ4v) is 2.86. The molecule has 0 radical (unpaired) electrons. The minimum atomic E-state index is -0.271. The number of hydrogen-bond acceptors (Lipinski definition) is 3. The van der Waals surface area contributed by atoms with Crippen molar-refractivity contribution in [2.75, 3.05) is 6.54 Å². The van der Waals surface area contributed by atoms with Crippen molar-refractivity contribution < 1.29 is 5.11 Å². The summed E-state index contributed by atoms with van der Waals surface area (Å²) in [5.74, 6) is 1.08. The lowest BCUT2D eigenvalue weighted by Gasteiger charge is -2.34. The Morgan fingerprint density at radius 2 is 2.17 bits per heavy atom. The van der Waals surface area contributed by atoms with Crippen LogP contribution in [0.25, 0.3) is 0 Å². The highest BCUT2D eigenvalue weighted by atomic mass is 16.3. The van der Waals surface area contributed by atoms with Gasteiger partial charge in [0.15, 0.2) is 0 Å². The Morgan fingerprint density at radius 1 is 1.44 bits per heavy atom. The quantitative estimate of drug-likeness (QED) is 0.869. The fourth-order valence-electron chi connectivity index (χ4n) is 2.86. The molecular weight excluding hydrogens is 226 g/mol. The van der Waals surface area contributed by atoms with Crippen molar-refractivity contribution in [3.05, 3.63) is 18.2 Å². The number of aryl methyl sites for hydroxylation is 1. The predicted molar refractivity (Wildman–Crippen MR) is 72.2 cm³/mol. The molecule has 1 aromatic rings. The van der Waals surface area contributed by atoms with E-state index in [9.17, 15) is 5.11 Å². The van der Waals surface area contributed by atoms with Gasteiger partial charge in [-0.05, 0) is 19.8 Å². The van der Waals surface area contributed by atoms with Gasteiger partial charge in [-0.2, -0.15) is 0 Å². The van der Waals surface area contributed by atoms with Crippen molar-refractivity contribution in [2.45, 2.75) is 57.7 Å². The molecule has 1 unspecified atom stereocenters. The molecule has 102 valence electrons. The Hall–Kier alpha value is -0.870. The summed E-state index contributed by atoms with van der Waals surface area (Å²) < 4.78 is 2.07. The Balaban J connectivity index is 2.02. The van der Waals surface area contributed by atoms with Gasteiger partial charge in [-0.15, -0.1) is 0 Å². The fraction of sp³-hybridized carbons (Fsp3) is 0.786. The van der Waals surface area contributed by atoms with Crippen LogP contribution in [0.1, 0.15) is 44.9 Å². The lowest BCUT2D eigenvalue weighted by atomic mass is 9.94. The molecule has 1 fully saturated rings. The molecular formula is C14H25N3O. The molecule has 1 aliphatic rings. The van der Waals surface area contributed by atoms with Gasteiger partial charge >= 0.3 is 0 Å². The van der Waals surface area contributed by atoms with Crippen molar-refractivity contribution in [3.8, 4) is 0 Å². The Labute approximate surface area is 110 Å². The molecule has 0 saturated heterocycles. The van der Waals surface area contributed by atoms with Crippen LogP contribution < -0.4 is 0 Å². The molecule has 2 rings (SSSR count). The molecule has 4 nitrogen and oxygen atoms in total. The van der Waals surface area contributed by atoms with E-state index in [2.05, 4.69) is 14.5 Å². The second-order valence-electron chi connectivity index (χ2n) is 5.52. The smallest absolute Gasteiger partial charge is 0.122 e. The highest BCUT2D eigenvalue weighted by molar-refractivity contribution is 4.92. The first-order valence-corrected chi connectivity index (χ1v) is 7.05. The van der Waals surface area contributed by atoms with Crippen LogP contribution in [-0.2, 0) is 13.6 Å². The summed E-state index contributed by atoms with van der Waals surface area (Å²) in [4.78, 5) is 6.81. The number of rotatable bonds is 5. The summed E-state index contributed by atoms with van der Waals surface area (Å²) >= 11 is 0. The van der Waals surface area contributed by atoms with E-state index >= 15 is 0 Å². The third-order valence-corrected chi connectivity index (χ3v) is 3.86. The monoisotopic (exact) mass is 251 g/mol. The molecule has 0 amide bonds. The van der Waals surface area contributed by atoms with E-state index in [0.29, 0.717) is 6.04 Å². The van der Waals surface area contributed by atoms with Crippen LogP contribution in [0.3, 0.4) is 0 Å². The number of aliphatic hydroxyl groups excluding tert-OH is 1. The molecule has 1 N–H and O–H groups in total. The standard InChI is InChI=1S/C14H25N3O/c1-12(18)10-17(13-6-4-3-5-7-13)11-14-15-8-9-16(14)2/h8-9,12-13,18H,3-7,10-11H2,1-2H3. The molecule has 1 aliphatic carbocycles. The average molecular weight is 251 g/mol. The minimum absolute atomic E-state index is 0.271. The normalized spacial score (nSPS) is 19.3. The molecule has 0 aliphatic heterocycles. The molecule has 0 bridgehead atoms. The van der Waals surface area contributed by atoms with E-state index in [-0.39, 0.29) is 6.10 Å². The van der Waals surface area contributed by atoms with Gasteiger partial charge in [0.2, 0.25) is 0 Å². The molecule has 4 heteroatoms. The summed E-state index contributed by atoms with van der Waals surface area (Å²) in [5, 5.41) is 9.68. The van der Waals surface area contributed by atoms with Crippen molar-refractivity contribution in [1.29, 1.82) is 0 Å². The van der Waals surface area contributed by atoms with E-state index in [1.807, 2.05) is 26.4 Å². The van der Waals surface area contributed by atoms with Crippen LogP contribution in [0.4, 0.5) is 0 Å². The van der Waals surface area contributed by atoms with E-state index in [1.54, 1.807) is 0 Å². The lowest BCUT2D eigenvalue weighted by molar-refractivity contribution is 0.0744. The molecule has 1 aromatic heterocycles. The maximum atomic E-state index is 9.68. The first-order valence-electron chi connectivity index (χ1n) is 7.05. The molecule has 1 heterocycles. The van der Waals surface area contributed by atoms with Crippen molar-refractivity contribution >= 4 is 0 Å². The molecule has 18 heavy (non-hydrogen) atoms. The third-order valence-electron chi connectivity index (χ3n) is 3.86. The predicted octanol–water partition coefficient (Wildman–Crippen LogP) is 1.94. The number of imidazole rings is 1. The van der Waals surface area contributed by atoms with E-state index in [1.165, 1.54) is 32.1 Å². The van der Waals surface area contributed by atoms with Crippen LogP contribution in [0.15, 0.2) is 12.4 Å². The zero-order valence-corrected chi connectivity index (χ0v) is 11.5. The number of aromatic nitrogens is 2. The highest BCUT2D eigenvalue weighted by Gasteiger charge is 2.23. The Bertz CT molecular complexity index is 356. The zero-order chi connectivity index (χ0) is 13.0. The summed E-state index contributed by atoms with van der Waals surface area (Å²) in [6, 6.07) is 0.616. The van der Waals surface area contributed by atoms with Crippen molar-refractivity contribution in [3.63, 3.8) is 0 Å². The minimum Gasteiger partial charge on any atom is -0.392 e. The van der Waals surface area contributed by atoms with Gasteiger partial charge in [-0.25, -0.2) is 4.98 Å².